The lowest BCUT2D eigenvalue weighted by atomic mass is 9.79. The van der Waals surface area contributed by atoms with Gasteiger partial charge < -0.3 is 26.2 Å². The monoisotopic (exact) mass is 485 g/mol. The van der Waals surface area contributed by atoms with Crippen molar-refractivity contribution < 1.29 is 14.6 Å². The van der Waals surface area contributed by atoms with E-state index < -0.39 is 17.7 Å². The Morgan fingerprint density at radius 2 is 2.09 bits per heavy atom. The number of hydrogen-bond acceptors (Lipinski definition) is 6. The summed E-state index contributed by atoms with van der Waals surface area (Å²) in [6.07, 6.45) is 2.62. The number of carbonyl (C=O) groups is 1. The van der Waals surface area contributed by atoms with E-state index in [0.717, 1.165) is 17.6 Å². The van der Waals surface area contributed by atoms with Crippen molar-refractivity contribution in [2.75, 3.05) is 26.7 Å². The highest BCUT2D eigenvalue weighted by Gasteiger charge is 2.53. The molecule has 8 heteroatoms. The molecule has 1 aromatic carbocycles. The van der Waals surface area contributed by atoms with Crippen LogP contribution in [0.5, 0.6) is 5.75 Å². The van der Waals surface area contributed by atoms with E-state index in [1.165, 1.54) is 0 Å². The Kier molecular flexibility index (Phi) is 8.17. The third-order valence-electron chi connectivity index (χ3n) is 7.61. The van der Waals surface area contributed by atoms with Crippen LogP contribution < -0.4 is 21.1 Å². The number of allylic oxidation sites excluding steroid dienone is 1. The normalized spacial score (nSPS) is 26.9. The molecular weight excluding hydrogens is 442 g/mol. The first-order valence-corrected chi connectivity index (χ1v) is 12.6. The zero-order valence-corrected chi connectivity index (χ0v) is 22.3. The van der Waals surface area contributed by atoms with Crippen molar-refractivity contribution in [2.24, 2.45) is 10.7 Å². The van der Waals surface area contributed by atoms with Crippen molar-refractivity contribution in [3.8, 4) is 5.75 Å². The number of aliphatic hydroxyl groups is 1. The van der Waals surface area contributed by atoms with Crippen LogP contribution in [0, 0.1) is 0 Å². The number of nitrogens with two attached hydrogens (primary N) is 1. The fraction of sp³-hybridized carbons (Fsp3) is 0.630. The highest BCUT2D eigenvalue weighted by Crippen LogP contribution is 2.40. The predicted molar refractivity (Wildman–Crippen MR) is 141 cm³/mol. The molecule has 1 amide bonds. The maximum absolute atomic E-state index is 13.4. The molecule has 2 aliphatic heterocycles. The molecule has 194 valence electrons. The third kappa shape index (κ3) is 5.48. The largest absolute Gasteiger partial charge is 0.492 e. The zero-order chi connectivity index (χ0) is 26.0. The molecule has 0 spiro atoms. The smallest absolute Gasteiger partial charge is 0.255 e. The molecule has 0 aromatic heterocycles. The number of likely N-dealkylation sites (N-methyl/N-ethyl adjacent to an activating group) is 1. The lowest BCUT2D eigenvalue weighted by molar-refractivity contribution is 0.0272. The number of carbonyl (C=O) groups excluding carboxylic acids is 1. The van der Waals surface area contributed by atoms with Crippen molar-refractivity contribution in [2.45, 2.75) is 83.5 Å². The van der Waals surface area contributed by atoms with Gasteiger partial charge in [0.05, 0.1) is 41.7 Å². The van der Waals surface area contributed by atoms with Gasteiger partial charge in [0.1, 0.15) is 5.75 Å². The Morgan fingerprint density at radius 3 is 2.74 bits per heavy atom. The molecule has 2 unspecified atom stereocenters. The van der Waals surface area contributed by atoms with Crippen LogP contribution in [0.1, 0.15) is 70.3 Å². The molecule has 0 aliphatic carbocycles. The van der Waals surface area contributed by atoms with Crippen LogP contribution in [0.3, 0.4) is 0 Å². The Bertz CT molecular complexity index is 985. The van der Waals surface area contributed by atoms with Crippen molar-refractivity contribution in [1.29, 1.82) is 0 Å². The van der Waals surface area contributed by atoms with E-state index in [-0.39, 0.29) is 17.4 Å². The van der Waals surface area contributed by atoms with E-state index in [0.29, 0.717) is 43.3 Å². The molecule has 2 aliphatic rings. The molecule has 1 aromatic rings. The average molecular weight is 486 g/mol. The van der Waals surface area contributed by atoms with Gasteiger partial charge in [-0.1, -0.05) is 38.5 Å². The average Bonchev–Trinajstić information content (AvgIpc) is 3.01. The summed E-state index contributed by atoms with van der Waals surface area (Å²) in [7, 11) is 1.96. The van der Waals surface area contributed by atoms with Crippen LogP contribution in [-0.4, -0.2) is 72.2 Å². The Labute approximate surface area is 210 Å². The number of aliphatic imine (C=N–C) groups is 1. The number of nitrogens with one attached hydrogen (secondary N) is 2. The molecule has 1 fully saturated rings. The molecule has 3 rings (SSSR count). The number of amides is 1. The van der Waals surface area contributed by atoms with Gasteiger partial charge >= 0.3 is 0 Å². The first-order valence-electron chi connectivity index (χ1n) is 12.6. The number of ether oxygens (including phenoxy) is 1. The van der Waals surface area contributed by atoms with E-state index in [1.54, 1.807) is 6.07 Å². The molecule has 0 bridgehead atoms. The maximum atomic E-state index is 13.4. The van der Waals surface area contributed by atoms with Crippen LogP contribution in [-0.2, 0) is 5.41 Å². The van der Waals surface area contributed by atoms with Crippen LogP contribution in [0.2, 0.25) is 0 Å². The van der Waals surface area contributed by atoms with Gasteiger partial charge in [0.2, 0.25) is 0 Å². The van der Waals surface area contributed by atoms with Gasteiger partial charge in [0.15, 0.2) is 0 Å². The van der Waals surface area contributed by atoms with Crippen molar-refractivity contribution in [1.82, 2.24) is 15.5 Å². The van der Waals surface area contributed by atoms with Gasteiger partial charge in [-0.15, -0.1) is 0 Å². The van der Waals surface area contributed by atoms with Crippen LogP contribution in [0.15, 0.2) is 35.0 Å². The molecule has 5 N–H and O–H groups in total. The number of para-hydroxylation sites is 1. The van der Waals surface area contributed by atoms with Gasteiger partial charge in [-0.2, -0.15) is 0 Å². The van der Waals surface area contributed by atoms with E-state index in [1.807, 2.05) is 53.1 Å². The number of aliphatic hydroxyl groups excluding tert-OH is 1. The lowest BCUT2D eigenvalue weighted by Crippen LogP contribution is -2.59. The summed E-state index contributed by atoms with van der Waals surface area (Å²) < 4.78 is 5.94. The number of amidine groups is 1. The first kappa shape index (κ1) is 27.0. The highest BCUT2D eigenvalue weighted by molar-refractivity contribution is 5.97. The fourth-order valence-electron chi connectivity index (χ4n) is 5.04. The van der Waals surface area contributed by atoms with Gasteiger partial charge in [0.25, 0.3) is 5.91 Å². The van der Waals surface area contributed by atoms with Crippen LogP contribution in [0.4, 0.5) is 0 Å². The summed E-state index contributed by atoms with van der Waals surface area (Å²) in [4.78, 5) is 20.2. The SMILES string of the molecule is CCC(N)=NC(CNC=C(C)C)C1(C)[C@H](O)[C@H](NC(=O)c2cccc3c2OCCC3(C)C)CN1C. The quantitative estimate of drug-likeness (QED) is 0.333. The fourth-order valence-corrected chi connectivity index (χ4v) is 5.04. The molecule has 2 heterocycles. The molecule has 1 saturated heterocycles. The van der Waals surface area contributed by atoms with E-state index in [9.17, 15) is 9.90 Å². The molecular formula is C27H43N5O3. The Hall–Kier alpha value is -2.58. The van der Waals surface area contributed by atoms with Gasteiger partial charge in [-0.3, -0.25) is 14.7 Å². The third-order valence-corrected chi connectivity index (χ3v) is 7.61. The summed E-state index contributed by atoms with van der Waals surface area (Å²) in [5.74, 6) is 0.949. The summed E-state index contributed by atoms with van der Waals surface area (Å²) >= 11 is 0. The van der Waals surface area contributed by atoms with Gasteiger partial charge in [0, 0.05) is 25.1 Å². The standard InChI is InChI=1S/C27H43N5O3/c1-8-22(28)31-21(15-29-14-17(2)3)27(6)24(33)20(16-32(27)7)30-25(34)18-10-9-11-19-23(18)35-13-12-26(19,4)5/h9-11,14,20-21,24,29,33H,8,12-13,15-16H2,1-7H3,(H2,28,31)(H,30,34)/t20-,21?,24-,27?/m1/s1. The Morgan fingerprint density at radius 1 is 1.37 bits per heavy atom. The summed E-state index contributed by atoms with van der Waals surface area (Å²) in [6.45, 7) is 13.9. The van der Waals surface area contributed by atoms with Crippen LogP contribution in [0.25, 0.3) is 0 Å². The molecule has 8 nitrogen and oxygen atoms in total. The number of rotatable bonds is 8. The maximum Gasteiger partial charge on any atom is 0.255 e. The second-order valence-electron chi connectivity index (χ2n) is 10.9. The number of hydrogen-bond donors (Lipinski definition) is 4. The molecule has 4 atom stereocenters. The summed E-state index contributed by atoms with van der Waals surface area (Å²) in [5, 5.41) is 17.9. The number of likely N-dealkylation sites (tertiary alicyclic amines) is 1. The number of fused-ring (bicyclic) bond motifs is 1. The minimum atomic E-state index is -0.847. The first-order chi connectivity index (χ1) is 16.4. The molecule has 0 saturated carbocycles. The highest BCUT2D eigenvalue weighted by atomic mass is 16.5. The lowest BCUT2D eigenvalue weighted by Gasteiger charge is -2.40. The Balaban J connectivity index is 1.85. The van der Waals surface area contributed by atoms with E-state index >= 15 is 0 Å². The molecule has 0 radical (unpaired) electrons. The van der Waals surface area contributed by atoms with E-state index in [2.05, 4.69) is 29.4 Å². The minimum absolute atomic E-state index is 0.0573. The predicted octanol–water partition coefficient (Wildman–Crippen LogP) is 2.56. The second kappa shape index (κ2) is 10.6. The second-order valence-corrected chi connectivity index (χ2v) is 10.9. The topological polar surface area (TPSA) is 112 Å². The van der Waals surface area contributed by atoms with Gasteiger partial charge in [-0.25, -0.2) is 0 Å². The van der Waals surface area contributed by atoms with E-state index in [4.69, 9.17) is 15.5 Å². The minimum Gasteiger partial charge on any atom is -0.492 e. The van der Waals surface area contributed by atoms with Crippen molar-refractivity contribution in [3.05, 3.63) is 41.1 Å². The summed E-state index contributed by atoms with van der Waals surface area (Å²) in [5.41, 5.74) is 8.03. The van der Waals surface area contributed by atoms with Crippen molar-refractivity contribution in [3.63, 3.8) is 0 Å². The summed E-state index contributed by atoms with van der Waals surface area (Å²) in [6, 6.07) is 4.94. The number of nitrogens with zero attached hydrogens (tertiary/aromatic N) is 2. The van der Waals surface area contributed by atoms with Crippen molar-refractivity contribution >= 4 is 11.7 Å². The van der Waals surface area contributed by atoms with Crippen LogP contribution >= 0.6 is 0 Å². The molecule has 35 heavy (non-hydrogen) atoms. The zero-order valence-electron chi connectivity index (χ0n) is 22.3. The number of benzene rings is 1. The van der Waals surface area contributed by atoms with Gasteiger partial charge in [-0.05, 0) is 51.9 Å².